The van der Waals surface area contributed by atoms with Crippen molar-refractivity contribution in [1.29, 1.82) is 0 Å². The van der Waals surface area contributed by atoms with E-state index < -0.39 is 0 Å². The lowest BCUT2D eigenvalue weighted by Gasteiger charge is -2.05. The largest absolute Gasteiger partial charge is 0.328 e. The van der Waals surface area contributed by atoms with Crippen LogP contribution in [0, 0.1) is 0 Å². The van der Waals surface area contributed by atoms with E-state index in [-0.39, 0.29) is 11.6 Å². The quantitative estimate of drug-likeness (QED) is 0.870. The summed E-state index contributed by atoms with van der Waals surface area (Å²) in [6.45, 7) is 0. The third kappa shape index (κ3) is 2.66. The molecule has 0 radical (unpaired) electrons. The van der Waals surface area contributed by atoms with Gasteiger partial charge in [-0.2, -0.15) is 0 Å². The number of hydrogen-bond acceptors (Lipinski definition) is 2. The highest BCUT2D eigenvalue weighted by atomic mass is 35.5. The lowest BCUT2D eigenvalue weighted by Crippen LogP contribution is -2.19. The Labute approximate surface area is 115 Å². The third-order valence-corrected chi connectivity index (χ3v) is 3.36. The number of benzene rings is 1. The second-order valence-electron chi connectivity index (χ2n) is 4.44. The van der Waals surface area contributed by atoms with E-state index in [2.05, 4.69) is 5.32 Å². The maximum absolute atomic E-state index is 11.8. The van der Waals surface area contributed by atoms with E-state index >= 15 is 0 Å². The second kappa shape index (κ2) is 5.48. The van der Waals surface area contributed by atoms with E-state index in [1.807, 2.05) is 6.07 Å². The van der Waals surface area contributed by atoms with Gasteiger partial charge in [0.25, 0.3) is 0 Å². The van der Waals surface area contributed by atoms with Gasteiger partial charge in [-0.15, -0.1) is 11.6 Å². The fraction of sp³-hybridized carbons (Fsp3) is 0.385. The number of nitrogens with zero attached hydrogens (tertiary/aromatic N) is 2. The maximum Gasteiger partial charge on any atom is 0.328 e. The van der Waals surface area contributed by atoms with Crippen molar-refractivity contribution >= 4 is 34.2 Å². The SMILES string of the molecule is Cn1c(=O)n(C)c2cc(NC(=O)CCCCl)ccc21. The Morgan fingerprint density at radius 3 is 2.63 bits per heavy atom. The van der Waals surface area contributed by atoms with Crippen LogP contribution in [0.15, 0.2) is 23.0 Å². The molecule has 102 valence electrons. The van der Waals surface area contributed by atoms with E-state index in [1.165, 1.54) is 0 Å². The number of halogens is 1. The van der Waals surface area contributed by atoms with Crippen molar-refractivity contribution in [2.24, 2.45) is 14.1 Å². The summed E-state index contributed by atoms with van der Waals surface area (Å²) < 4.78 is 3.14. The first kappa shape index (κ1) is 13.7. The van der Waals surface area contributed by atoms with Gasteiger partial charge < -0.3 is 5.32 Å². The highest BCUT2D eigenvalue weighted by Crippen LogP contribution is 2.17. The van der Waals surface area contributed by atoms with Crippen LogP contribution in [0.25, 0.3) is 11.0 Å². The van der Waals surface area contributed by atoms with Gasteiger partial charge in [0.05, 0.1) is 11.0 Å². The van der Waals surface area contributed by atoms with Crippen molar-refractivity contribution < 1.29 is 4.79 Å². The average molecular weight is 282 g/mol. The van der Waals surface area contributed by atoms with Crippen LogP contribution in [0.3, 0.4) is 0 Å². The Balaban J connectivity index is 2.29. The average Bonchev–Trinajstić information content (AvgIpc) is 2.61. The van der Waals surface area contributed by atoms with Crippen molar-refractivity contribution in [3.05, 3.63) is 28.7 Å². The van der Waals surface area contributed by atoms with E-state index in [9.17, 15) is 9.59 Å². The first-order chi connectivity index (χ1) is 9.04. The van der Waals surface area contributed by atoms with E-state index in [4.69, 9.17) is 11.6 Å². The number of imidazole rings is 1. The molecular formula is C13H16ClN3O2. The zero-order chi connectivity index (χ0) is 14.0. The van der Waals surface area contributed by atoms with Crippen molar-refractivity contribution in [3.8, 4) is 0 Å². The molecule has 0 aliphatic carbocycles. The van der Waals surface area contributed by atoms with Gasteiger partial charge >= 0.3 is 5.69 Å². The predicted octanol–water partition coefficient (Wildman–Crippen LogP) is 1.83. The number of nitrogens with one attached hydrogen (secondary N) is 1. The van der Waals surface area contributed by atoms with Crippen LogP contribution in [0.1, 0.15) is 12.8 Å². The summed E-state index contributed by atoms with van der Waals surface area (Å²) in [6.07, 6.45) is 1.05. The van der Waals surface area contributed by atoms with Crippen LogP contribution < -0.4 is 11.0 Å². The van der Waals surface area contributed by atoms with Gasteiger partial charge in [0.15, 0.2) is 0 Å². The number of alkyl halides is 1. The fourth-order valence-electron chi connectivity index (χ4n) is 2.04. The molecule has 0 aliphatic rings. The van der Waals surface area contributed by atoms with E-state index in [0.717, 1.165) is 11.0 Å². The monoisotopic (exact) mass is 281 g/mol. The van der Waals surface area contributed by atoms with Crippen LogP contribution >= 0.6 is 11.6 Å². The Morgan fingerprint density at radius 1 is 1.26 bits per heavy atom. The Hall–Kier alpha value is -1.75. The third-order valence-electron chi connectivity index (χ3n) is 3.09. The molecule has 0 fully saturated rings. The number of anilines is 1. The maximum atomic E-state index is 11.8. The minimum atomic E-state index is -0.0828. The lowest BCUT2D eigenvalue weighted by atomic mass is 10.2. The smallest absolute Gasteiger partial charge is 0.326 e. The summed E-state index contributed by atoms with van der Waals surface area (Å²) >= 11 is 5.55. The van der Waals surface area contributed by atoms with Crippen molar-refractivity contribution in [2.45, 2.75) is 12.8 Å². The Kier molecular flexibility index (Phi) is 3.95. The van der Waals surface area contributed by atoms with Gasteiger partial charge in [-0.25, -0.2) is 4.79 Å². The number of fused-ring (bicyclic) bond motifs is 1. The summed E-state index contributed by atoms with van der Waals surface area (Å²) in [5.74, 6) is 0.403. The number of aryl methyl sites for hydroxylation is 2. The molecule has 1 heterocycles. The zero-order valence-electron chi connectivity index (χ0n) is 10.9. The summed E-state index contributed by atoms with van der Waals surface area (Å²) in [6, 6.07) is 5.42. The Bertz CT molecular complexity index is 672. The van der Waals surface area contributed by atoms with Gasteiger partial charge in [-0.3, -0.25) is 13.9 Å². The molecule has 2 aromatic rings. The highest BCUT2D eigenvalue weighted by Gasteiger charge is 2.09. The standard InChI is InChI=1S/C13H16ClN3O2/c1-16-10-6-5-9(15-12(18)4-3-7-14)8-11(10)17(2)13(16)19/h5-6,8H,3-4,7H2,1-2H3,(H,15,18). The number of amides is 1. The van der Waals surface area contributed by atoms with E-state index in [1.54, 1.807) is 35.4 Å². The van der Waals surface area contributed by atoms with Gasteiger partial charge in [-0.05, 0) is 24.6 Å². The number of carbonyl (C=O) groups is 1. The molecule has 0 bridgehead atoms. The van der Waals surface area contributed by atoms with E-state index in [0.29, 0.717) is 24.4 Å². The zero-order valence-corrected chi connectivity index (χ0v) is 11.7. The topological polar surface area (TPSA) is 56.0 Å². The van der Waals surface area contributed by atoms with Crippen molar-refractivity contribution in [2.75, 3.05) is 11.2 Å². The molecule has 0 saturated heterocycles. The molecule has 0 aliphatic heterocycles. The molecule has 0 spiro atoms. The lowest BCUT2D eigenvalue weighted by molar-refractivity contribution is -0.116. The summed E-state index contributed by atoms with van der Waals surface area (Å²) in [4.78, 5) is 23.4. The molecule has 0 atom stereocenters. The highest BCUT2D eigenvalue weighted by molar-refractivity contribution is 6.18. The Morgan fingerprint density at radius 2 is 1.95 bits per heavy atom. The molecule has 19 heavy (non-hydrogen) atoms. The molecule has 1 aromatic heterocycles. The molecule has 2 rings (SSSR count). The summed E-state index contributed by atoms with van der Waals surface area (Å²) in [5, 5.41) is 2.80. The van der Waals surface area contributed by atoms with Gasteiger partial charge in [0.1, 0.15) is 0 Å². The second-order valence-corrected chi connectivity index (χ2v) is 4.82. The first-order valence-electron chi connectivity index (χ1n) is 6.06. The summed E-state index contributed by atoms with van der Waals surface area (Å²) in [7, 11) is 3.44. The molecule has 5 nitrogen and oxygen atoms in total. The number of rotatable bonds is 4. The number of carbonyl (C=O) groups excluding carboxylic acids is 1. The molecule has 0 saturated carbocycles. The van der Waals surface area contributed by atoms with Crippen LogP contribution in [0.4, 0.5) is 5.69 Å². The van der Waals surface area contributed by atoms with Crippen molar-refractivity contribution in [1.82, 2.24) is 9.13 Å². The molecule has 0 unspecified atom stereocenters. The van der Waals surface area contributed by atoms with Gasteiger partial charge in [-0.1, -0.05) is 0 Å². The number of hydrogen-bond donors (Lipinski definition) is 1. The van der Waals surface area contributed by atoms with Crippen LogP contribution in [-0.4, -0.2) is 20.9 Å². The molecule has 1 amide bonds. The first-order valence-corrected chi connectivity index (χ1v) is 6.59. The van der Waals surface area contributed by atoms with Gasteiger partial charge in [0, 0.05) is 32.1 Å². The minimum absolute atomic E-state index is 0.0686. The molecule has 1 aromatic carbocycles. The van der Waals surface area contributed by atoms with Crippen LogP contribution in [-0.2, 0) is 18.9 Å². The van der Waals surface area contributed by atoms with Crippen LogP contribution in [0.2, 0.25) is 0 Å². The molecule has 6 heteroatoms. The van der Waals surface area contributed by atoms with Crippen molar-refractivity contribution in [3.63, 3.8) is 0 Å². The molecule has 1 N–H and O–H groups in total. The summed E-state index contributed by atoms with van der Waals surface area (Å²) in [5.41, 5.74) is 2.24. The minimum Gasteiger partial charge on any atom is -0.326 e. The normalized spacial score (nSPS) is 10.9. The predicted molar refractivity (Wildman–Crippen MR) is 76.7 cm³/mol. The van der Waals surface area contributed by atoms with Crippen LogP contribution in [0.5, 0.6) is 0 Å². The van der Waals surface area contributed by atoms with Gasteiger partial charge in [0.2, 0.25) is 5.91 Å². The fourth-order valence-corrected chi connectivity index (χ4v) is 2.17. The molecular weight excluding hydrogens is 266 g/mol. The number of aromatic nitrogens is 2.